The zero-order valence-electron chi connectivity index (χ0n) is 6.11. The molecule has 0 amide bonds. The van der Waals surface area contributed by atoms with Crippen molar-refractivity contribution < 1.29 is 24.6 Å². The molecule has 0 bridgehead atoms. The van der Waals surface area contributed by atoms with Gasteiger partial charge in [0.05, 0.1) is 0 Å². The van der Waals surface area contributed by atoms with Crippen molar-refractivity contribution in [3.63, 3.8) is 0 Å². The Hall–Kier alpha value is -1.14. The van der Waals surface area contributed by atoms with Gasteiger partial charge in [0.2, 0.25) is 0 Å². The van der Waals surface area contributed by atoms with Gasteiger partial charge in [-0.3, -0.25) is 9.63 Å². The molecule has 0 radical (unpaired) electrons. The molecule has 0 aliphatic carbocycles. The van der Waals surface area contributed by atoms with Crippen LogP contribution in [0.15, 0.2) is 0 Å². The molecule has 6 heteroatoms. The van der Waals surface area contributed by atoms with Crippen LogP contribution < -0.4 is 5.90 Å². The quantitative estimate of drug-likeness (QED) is 0.483. The molecule has 0 saturated carbocycles. The van der Waals surface area contributed by atoms with Gasteiger partial charge in [-0.1, -0.05) is 6.92 Å². The number of carboxylic acid groups (broad SMARTS) is 2. The molecular formula is C5H11NO5. The molecule has 0 fully saturated rings. The molecule has 4 N–H and O–H groups in total. The first-order valence-electron chi connectivity index (χ1n) is 2.79. The van der Waals surface area contributed by atoms with Gasteiger partial charge in [-0.25, -0.2) is 10.7 Å². The van der Waals surface area contributed by atoms with E-state index in [1.54, 1.807) is 6.92 Å². The number of aliphatic carboxylic acids is 2. The van der Waals surface area contributed by atoms with Crippen LogP contribution in [0, 0.1) is 0 Å². The van der Waals surface area contributed by atoms with E-state index in [9.17, 15) is 9.59 Å². The lowest BCUT2D eigenvalue weighted by Crippen LogP contribution is -2.10. The van der Waals surface area contributed by atoms with Gasteiger partial charge in [0.1, 0.15) is 0 Å². The molecule has 0 spiro atoms. The van der Waals surface area contributed by atoms with Crippen LogP contribution in [0.3, 0.4) is 0 Å². The molecular weight excluding hydrogens is 154 g/mol. The lowest BCUT2D eigenvalue weighted by molar-refractivity contribution is -0.142. The van der Waals surface area contributed by atoms with Gasteiger partial charge < -0.3 is 10.2 Å². The van der Waals surface area contributed by atoms with Crippen molar-refractivity contribution >= 4 is 11.9 Å². The Balaban J connectivity index is 0. The molecule has 0 saturated heterocycles. The van der Waals surface area contributed by atoms with Gasteiger partial charge in [0.15, 0.2) is 6.61 Å². The third-order valence-electron chi connectivity index (χ3n) is 0.509. The zero-order valence-corrected chi connectivity index (χ0v) is 6.11. The minimum atomic E-state index is -1.06. The van der Waals surface area contributed by atoms with Crippen LogP contribution in [0.25, 0.3) is 0 Å². The first kappa shape index (κ1) is 12.5. The predicted octanol–water partition coefficient (Wildman–Crippen LogP) is -0.558. The lowest BCUT2D eigenvalue weighted by atomic mass is 10.5. The molecule has 0 aromatic heterocycles. The zero-order chi connectivity index (χ0) is 9.28. The maximum atomic E-state index is 9.39. The summed E-state index contributed by atoms with van der Waals surface area (Å²) in [4.78, 5) is 22.5. The molecule has 0 aromatic rings. The van der Waals surface area contributed by atoms with Crippen molar-refractivity contribution in [3.05, 3.63) is 0 Å². The van der Waals surface area contributed by atoms with Crippen molar-refractivity contribution in [2.24, 2.45) is 5.90 Å². The van der Waals surface area contributed by atoms with Gasteiger partial charge >= 0.3 is 11.9 Å². The van der Waals surface area contributed by atoms with Crippen LogP contribution in [0.2, 0.25) is 0 Å². The van der Waals surface area contributed by atoms with Crippen molar-refractivity contribution in [1.29, 1.82) is 0 Å². The third-order valence-corrected chi connectivity index (χ3v) is 0.509. The lowest BCUT2D eigenvalue weighted by Gasteiger charge is -1.83. The smallest absolute Gasteiger partial charge is 0.331 e. The molecule has 0 unspecified atom stereocenters. The molecule has 0 aliphatic heterocycles. The number of hydrogen-bond donors (Lipinski definition) is 3. The highest BCUT2D eigenvalue weighted by molar-refractivity contribution is 5.67. The fourth-order valence-corrected chi connectivity index (χ4v) is 0.0713. The van der Waals surface area contributed by atoms with Gasteiger partial charge in [-0.2, -0.15) is 0 Å². The van der Waals surface area contributed by atoms with E-state index < -0.39 is 18.5 Å². The number of carboxylic acids is 2. The minimum Gasteiger partial charge on any atom is -0.481 e. The fraction of sp³-hybridized carbons (Fsp3) is 0.600. The molecule has 0 rings (SSSR count). The fourth-order valence-electron chi connectivity index (χ4n) is 0.0713. The summed E-state index contributed by atoms with van der Waals surface area (Å²) in [5.41, 5.74) is 0. The summed E-state index contributed by atoms with van der Waals surface area (Å²) >= 11 is 0. The van der Waals surface area contributed by atoms with E-state index in [2.05, 4.69) is 10.7 Å². The van der Waals surface area contributed by atoms with Crippen LogP contribution in [0.5, 0.6) is 0 Å². The van der Waals surface area contributed by atoms with Crippen LogP contribution in [-0.4, -0.2) is 28.8 Å². The Morgan fingerprint density at radius 3 is 1.73 bits per heavy atom. The van der Waals surface area contributed by atoms with E-state index >= 15 is 0 Å². The highest BCUT2D eigenvalue weighted by Gasteiger charge is 1.88. The average Bonchev–Trinajstić information content (AvgIpc) is 1.89. The van der Waals surface area contributed by atoms with E-state index in [4.69, 9.17) is 10.2 Å². The Bertz CT molecular complexity index is 124. The third kappa shape index (κ3) is 28.0. The van der Waals surface area contributed by atoms with Crippen molar-refractivity contribution in [2.75, 3.05) is 6.61 Å². The van der Waals surface area contributed by atoms with Crippen molar-refractivity contribution in [1.82, 2.24) is 0 Å². The monoisotopic (exact) mass is 165 g/mol. The molecule has 11 heavy (non-hydrogen) atoms. The van der Waals surface area contributed by atoms with Crippen LogP contribution in [-0.2, 0) is 14.4 Å². The second-order valence-corrected chi connectivity index (χ2v) is 1.45. The topological polar surface area (TPSA) is 110 Å². The SMILES string of the molecule is CCC(=O)O.NOCC(=O)O. The van der Waals surface area contributed by atoms with E-state index in [0.29, 0.717) is 0 Å². The van der Waals surface area contributed by atoms with Crippen LogP contribution in [0.1, 0.15) is 13.3 Å². The summed E-state index contributed by atoms with van der Waals surface area (Å²) in [6.45, 7) is 1.17. The second-order valence-electron chi connectivity index (χ2n) is 1.45. The molecule has 0 aliphatic rings. The summed E-state index contributed by atoms with van der Waals surface area (Å²) in [5.74, 6) is 2.55. The van der Waals surface area contributed by atoms with Crippen molar-refractivity contribution in [3.8, 4) is 0 Å². The second kappa shape index (κ2) is 8.86. The number of nitrogens with two attached hydrogens (primary N) is 1. The van der Waals surface area contributed by atoms with Gasteiger partial charge in [-0.15, -0.1) is 0 Å². The average molecular weight is 165 g/mol. The maximum absolute atomic E-state index is 9.39. The Morgan fingerprint density at radius 1 is 1.36 bits per heavy atom. The summed E-state index contributed by atoms with van der Waals surface area (Å²) in [6, 6.07) is 0. The predicted molar refractivity (Wildman–Crippen MR) is 35.7 cm³/mol. The van der Waals surface area contributed by atoms with Crippen LogP contribution >= 0.6 is 0 Å². The van der Waals surface area contributed by atoms with Gasteiger partial charge in [-0.05, 0) is 0 Å². The molecule has 0 heterocycles. The minimum absolute atomic E-state index is 0.222. The standard InChI is InChI=1S/C3H6O2.C2H5NO3/c1-2-3(4)5;3-6-1-2(4)5/h2H2,1H3,(H,4,5);1,3H2,(H,4,5). The van der Waals surface area contributed by atoms with E-state index in [1.165, 1.54) is 0 Å². The Kier molecular flexibility index (Phi) is 10.1. The molecule has 66 valence electrons. The Labute approximate surface area is 63.5 Å². The number of carbonyl (C=O) groups is 2. The van der Waals surface area contributed by atoms with E-state index in [0.717, 1.165) is 0 Å². The van der Waals surface area contributed by atoms with Gasteiger partial charge in [0, 0.05) is 6.42 Å². The van der Waals surface area contributed by atoms with E-state index in [1.807, 2.05) is 0 Å². The largest absolute Gasteiger partial charge is 0.481 e. The first-order valence-corrected chi connectivity index (χ1v) is 2.79. The van der Waals surface area contributed by atoms with Gasteiger partial charge in [0.25, 0.3) is 0 Å². The van der Waals surface area contributed by atoms with Crippen LogP contribution in [0.4, 0.5) is 0 Å². The highest BCUT2D eigenvalue weighted by atomic mass is 16.6. The highest BCUT2D eigenvalue weighted by Crippen LogP contribution is 1.67. The first-order chi connectivity index (χ1) is 5.04. The Morgan fingerprint density at radius 2 is 1.73 bits per heavy atom. The molecule has 0 atom stereocenters. The maximum Gasteiger partial charge on any atom is 0.331 e. The molecule has 0 aromatic carbocycles. The summed E-state index contributed by atoms with van der Waals surface area (Å²) in [6.07, 6.45) is 0.222. The normalized spacial score (nSPS) is 7.82. The van der Waals surface area contributed by atoms with Crippen molar-refractivity contribution in [2.45, 2.75) is 13.3 Å². The summed E-state index contributed by atoms with van der Waals surface area (Å²) in [7, 11) is 0. The molecule has 6 nitrogen and oxygen atoms in total. The van der Waals surface area contributed by atoms with E-state index in [-0.39, 0.29) is 6.42 Å². The summed E-state index contributed by atoms with van der Waals surface area (Å²) < 4.78 is 0. The number of hydrogen-bond acceptors (Lipinski definition) is 4. The summed E-state index contributed by atoms with van der Waals surface area (Å²) in [5, 5.41) is 15.4. The number of rotatable bonds is 3.